The number of nitrogens with one attached hydrogen (secondary N) is 1. The van der Waals surface area contributed by atoms with Crippen LogP contribution in [-0.2, 0) is 14.9 Å². The number of nitriles is 1. The number of aryl methyl sites for hydroxylation is 1. The van der Waals surface area contributed by atoms with Crippen LogP contribution in [0, 0.1) is 28.4 Å². The van der Waals surface area contributed by atoms with Crippen molar-refractivity contribution in [1.29, 1.82) is 5.26 Å². The lowest BCUT2D eigenvalue weighted by atomic mass is 10.1. The Hall–Kier alpha value is -4.01. The molecule has 0 saturated heterocycles. The van der Waals surface area contributed by atoms with Crippen molar-refractivity contribution in [3.8, 4) is 11.8 Å². The minimum absolute atomic E-state index is 0.141. The van der Waals surface area contributed by atoms with Gasteiger partial charge in [-0.1, -0.05) is 28.1 Å². The molecule has 0 bridgehead atoms. The third kappa shape index (κ3) is 6.06. The monoisotopic (exact) mass is 541 g/mol. The number of nitro benzene ring substituents is 1. The summed E-state index contributed by atoms with van der Waals surface area (Å²) in [7, 11) is -4.36. The highest BCUT2D eigenvalue weighted by Crippen LogP contribution is 2.29. The van der Waals surface area contributed by atoms with Crippen molar-refractivity contribution in [3.63, 3.8) is 0 Å². The minimum Gasteiger partial charge on any atom is -0.378 e. The second-order valence-corrected chi connectivity index (χ2v) is 9.43. The number of anilines is 1. The van der Waals surface area contributed by atoms with E-state index in [9.17, 15) is 28.6 Å². The van der Waals surface area contributed by atoms with E-state index in [1.807, 2.05) is 19.1 Å². The van der Waals surface area contributed by atoms with Crippen LogP contribution in [0.3, 0.4) is 0 Å². The van der Waals surface area contributed by atoms with Gasteiger partial charge in [-0.25, -0.2) is 0 Å². The fourth-order valence-electron chi connectivity index (χ4n) is 2.83. The molecule has 0 aliphatic heterocycles. The maximum absolute atomic E-state index is 12.7. The SMILES string of the molecule is Cc1cccc(NC(=O)/C(C#N)=C/c2cc(Br)ccc2OS(=O)(=O)c2ccc([N+](=O)[O-])cc2)c1. The number of hydrogen-bond acceptors (Lipinski definition) is 7. The van der Waals surface area contributed by atoms with Crippen LogP contribution in [0.25, 0.3) is 6.08 Å². The van der Waals surface area contributed by atoms with E-state index in [0.717, 1.165) is 29.8 Å². The summed E-state index contributed by atoms with van der Waals surface area (Å²) < 4.78 is 31.2. The Morgan fingerprint density at radius 3 is 2.47 bits per heavy atom. The number of amides is 1. The maximum atomic E-state index is 12.7. The van der Waals surface area contributed by atoms with Gasteiger partial charge in [0.25, 0.3) is 11.6 Å². The number of non-ortho nitro benzene ring substituents is 1. The van der Waals surface area contributed by atoms with E-state index in [4.69, 9.17) is 4.18 Å². The van der Waals surface area contributed by atoms with E-state index in [-0.39, 0.29) is 27.5 Å². The summed E-state index contributed by atoms with van der Waals surface area (Å²) in [5.41, 5.74) is 1.01. The predicted octanol–water partition coefficient (Wildman–Crippen LogP) is 4.98. The first-order valence-corrected chi connectivity index (χ1v) is 11.8. The number of rotatable bonds is 7. The first-order chi connectivity index (χ1) is 16.1. The van der Waals surface area contributed by atoms with Gasteiger partial charge in [-0.15, -0.1) is 0 Å². The van der Waals surface area contributed by atoms with Gasteiger partial charge in [0.05, 0.1) is 4.92 Å². The standard InChI is InChI=1S/C23H16BrN3O6S/c1-15-3-2-4-19(11-15)26-23(28)17(14-25)12-16-13-18(24)5-10-22(16)33-34(31,32)21-8-6-20(7-9-21)27(29)30/h2-13H,1H3,(H,26,28)/b17-12+. The number of hydrogen-bond donors (Lipinski definition) is 1. The first kappa shape index (κ1) is 24.6. The number of carbonyl (C=O) groups excluding carboxylic acids is 1. The van der Waals surface area contributed by atoms with E-state index >= 15 is 0 Å². The smallest absolute Gasteiger partial charge is 0.339 e. The molecule has 1 amide bonds. The highest BCUT2D eigenvalue weighted by atomic mass is 79.9. The number of nitro groups is 1. The molecule has 3 aromatic rings. The van der Waals surface area contributed by atoms with Crippen LogP contribution in [0.5, 0.6) is 5.75 Å². The van der Waals surface area contributed by atoms with Crippen LogP contribution in [-0.4, -0.2) is 19.2 Å². The number of halogens is 1. The van der Waals surface area contributed by atoms with Crippen molar-refractivity contribution in [2.45, 2.75) is 11.8 Å². The Bertz CT molecular complexity index is 1440. The maximum Gasteiger partial charge on any atom is 0.339 e. The van der Waals surface area contributed by atoms with Crippen molar-refractivity contribution in [1.82, 2.24) is 0 Å². The van der Waals surface area contributed by atoms with Gasteiger partial charge < -0.3 is 9.50 Å². The van der Waals surface area contributed by atoms with Gasteiger partial charge in [0, 0.05) is 27.9 Å². The summed E-state index contributed by atoms with van der Waals surface area (Å²) in [6, 6.07) is 17.4. The van der Waals surface area contributed by atoms with Gasteiger partial charge in [-0.05, 0) is 61.0 Å². The van der Waals surface area contributed by atoms with Gasteiger partial charge >= 0.3 is 10.1 Å². The summed E-state index contributed by atoms with van der Waals surface area (Å²) in [5, 5.41) is 23.0. The molecule has 0 aliphatic carbocycles. The van der Waals surface area contributed by atoms with Crippen molar-refractivity contribution >= 4 is 49.4 Å². The average Bonchev–Trinajstić information content (AvgIpc) is 2.79. The van der Waals surface area contributed by atoms with Crippen molar-refractivity contribution in [2.75, 3.05) is 5.32 Å². The highest BCUT2D eigenvalue weighted by molar-refractivity contribution is 9.10. The highest BCUT2D eigenvalue weighted by Gasteiger charge is 2.20. The molecule has 0 heterocycles. The molecular weight excluding hydrogens is 526 g/mol. The predicted molar refractivity (Wildman–Crippen MR) is 128 cm³/mol. The lowest BCUT2D eigenvalue weighted by molar-refractivity contribution is -0.384. The molecule has 0 spiro atoms. The lowest BCUT2D eigenvalue weighted by Gasteiger charge is -2.11. The van der Waals surface area contributed by atoms with E-state index < -0.39 is 20.9 Å². The zero-order valence-electron chi connectivity index (χ0n) is 17.6. The second kappa shape index (κ2) is 10.3. The molecule has 172 valence electrons. The number of carbonyl (C=O) groups is 1. The van der Waals surface area contributed by atoms with Crippen LogP contribution in [0.1, 0.15) is 11.1 Å². The Morgan fingerprint density at radius 1 is 1.15 bits per heavy atom. The molecule has 0 saturated carbocycles. The van der Waals surface area contributed by atoms with Crippen molar-refractivity contribution in [2.24, 2.45) is 0 Å². The molecule has 0 fully saturated rings. The summed E-state index contributed by atoms with van der Waals surface area (Å²) >= 11 is 3.27. The van der Waals surface area contributed by atoms with Crippen LogP contribution in [0.4, 0.5) is 11.4 Å². The number of nitrogens with zero attached hydrogens (tertiary/aromatic N) is 2. The molecule has 34 heavy (non-hydrogen) atoms. The van der Waals surface area contributed by atoms with E-state index in [1.54, 1.807) is 18.2 Å². The zero-order valence-corrected chi connectivity index (χ0v) is 20.0. The van der Waals surface area contributed by atoms with Crippen molar-refractivity contribution in [3.05, 3.63) is 98.0 Å². The van der Waals surface area contributed by atoms with E-state index in [2.05, 4.69) is 21.2 Å². The summed E-state index contributed by atoms with van der Waals surface area (Å²) in [5.74, 6) is -0.824. The third-order valence-electron chi connectivity index (χ3n) is 4.45. The topological polar surface area (TPSA) is 139 Å². The van der Waals surface area contributed by atoms with E-state index in [0.29, 0.717) is 10.2 Å². The second-order valence-electron chi connectivity index (χ2n) is 6.96. The van der Waals surface area contributed by atoms with Crippen LogP contribution in [0.2, 0.25) is 0 Å². The molecule has 0 radical (unpaired) electrons. The first-order valence-electron chi connectivity index (χ1n) is 9.57. The zero-order chi connectivity index (χ0) is 24.9. The van der Waals surface area contributed by atoms with Crippen LogP contribution < -0.4 is 9.50 Å². The Balaban J connectivity index is 1.93. The van der Waals surface area contributed by atoms with Gasteiger partial charge in [-0.3, -0.25) is 14.9 Å². The summed E-state index contributed by atoms with van der Waals surface area (Å²) in [6.45, 7) is 1.85. The lowest BCUT2D eigenvalue weighted by Crippen LogP contribution is -2.14. The fourth-order valence-corrected chi connectivity index (χ4v) is 4.17. The number of benzene rings is 3. The molecule has 3 aromatic carbocycles. The van der Waals surface area contributed by atoms with Crippen LogP contribution >= 0.6 is 15.9 Å². The minimum atomic E-state index is -4.36. The normalized spacial score (nSPS) is 11.4. The Morgan fingerprint density at radius 2 is 1.85 bits per heavy atom. The molecule has 1 N–H and O–H groups in total. The quantitative estimate of drug-likeness (QED) is 0.146. The van der Waals surface area contributed by atoms with Gasteiger partial charge in [-0.2, -0.15) is 13.7 Å². The van der Waals surface area contributed by atoms with Crippen molar-refractivity contribution < 1.29 is 22.3 Å². The van der Waals surface area contributed by atoms with Gasteiger partial charge in [0.2, 0.25) is 0 Å². The largest absolute Gasteiger partial charge is 0.378 e. The molecule has 3 rings (SSSR count). The Kier molecular flexibility index (Phi) is 7.45. The van der Waals surface area contributed by atoms with E-state index in [1.165, 1.54) is 24.3 Å². The molecule has 0 unspecified atom stereocenters. The molecule has 0 aliphatic rings. The molecule has 0 atom stereocenters. The third-order valence-corrected chi connectivity index (χ3v) is 6.19. The molecular formula is C23H16BrN3O6S. The molecule has 9 nitrogen and oxygen atoms in total. The molecule has 0 aromatic heterocycles. The van der Waals surface area contributed by atoms with Gasteiger partial charge in [0.1, 0.15) is 22.3 Å². The summed E-state index contributed by atoms with van der Waals surface area (Å²) in [4.78, 5) is 22.5. The van der Waals surface area contributed by atoms with Crippen LogP contribution in [0.15, 0.2) is 81.7 Å². The average molecular weight is 542 g/mol. The Labute approximate surface area is 203 Å². The fraction of sp³-hybridized carbons (Fsp3) is 0.0435. The summed E-state index contributed by atoms with van der Waals surface area (Å²) in [6.07, 6.45) is 1.20. The van der Waals surface area contributed by atoms with Gasteiger partial charge in [0.15, 0.2) is 0 Å². The molecule has 11 heteroatoms.